The molecular formula is C8H20OSSi. The van der Waals surface area contributed by atoms with Crippen LogP contribution in [0.25, 0.3) is 0 Å². The molecule has 0 heterocycles. The Balaban J connectivity index is 3.99. The molecule has 1 unspecified atom stereocenters. The fourth-order valence-corrected chi connectivity index (χ4v) is 2.48. The van der Waals surface area contributed by atoms with Gasteiger partial charge in [-0.3, -0.25) is 0 Å². The largest absolute Gasteiger partial charge is 0.406 e. The van der Waals surface area contributed by atoms with E-state index in [9.17, 15) is 0 Å². The Morgan fingerprint density at radius 1 is 1.18 bits per heavy atom. The molecule has 0 saturated carbocycles. The van der Waals surface area contributed by atoms with Gasteiger partial charge in [-0.1, -0.05) is 20.8 Å². The highest BCUT2D eigenvalue weighted by Gasteiger charge is 2.27. The van der Waals surface area contributed by atoms with E-state index in [1.807, 2.05) is 0 Å². The third kappa shape index (κ3) is 5.76. The van der Waals surface area contributed by atoms with Crippen LogP contribution in [0.5, 0.6) is 0 Å². The maximum atomic E-state index is 5.81. The van der Waals surface area contributed by atoms with Crippen molar-refractivity contribution in [2.45, 2.75) is 45.8 Å². The lowest BCUT2D eigenvalue weighted by Crippen LogP contribution is -2.35. The van der Waals surface area contributed by atoms with Gasteiger partial charge in [-0.15, -0.1) is 12.6 Å². The monoisotopic (exact) mass is 192 g/mol. The average Bonchev–Trinajstić information content (AvgIpc) is 1.56. The summed E-state index contributed by atoms with van der Waals surface area (Å²) in [7, 11) is -1.41. The maximum Gasteiger partial charge on any atom is 0.185 e. The van der Waals surface area contributed by atoms with Gasteiger partial charge in [-0.05, 0) is 25.1 Å². The summed E-state index contributed by atoms with van der Waals surface area (Å²) in [6, 6.07) is 0. The Hall–Kier alpha value is 0.527. The van der Waals surface area contributed by atoms with Crippen LogP contribution < -0.4 is 0 Å². The molecule has 0 aliphatic rings. The van der Waals surface area contributed by atoms with Crippen LogP contribution in [0.15, 0.2) is 0 Å². The predicted molar refractivity (Wildman–Crippen MR) is 56.7 cm³/mol. The van der Waals surface area contributed by atoms with E-state index in [0.29, 0.717) is 0 Å². The van der Waals surface area contributed by atoms with Crippen molar-refractivity contribution in [3.8, 4) is 0 Å². The van der Waals surface area contributed by atoms with Crippen LogP contribution in [0.2, 0.25) is 19.6 Å². The minimum atomic E-state index is -1.41. The molecule has 0 aromatic carbocycles. The lowest BCUT2D eigenvalue weighted by molar-refractivity contribution is 0.160. The first-order valence-electron chi connectivity index (χ1n) is 3.99. The van der Waals surface area contributed by atoms with Crippen molar-refractivity contribution < 1.29 is 4.43 Å². The van der Waals surface area contributed by atoms with E-state index in [2.05, 4.69) is 53.0 Å². The van der Waals surface area contributed by atoms with E-state index in [0.717, 1.165) is 0 Å². The molecule has 0 aliphatic carbocycles. The van der Waals surface area contributed by atoms with Crippen LogP contribution in [0.4, 0.5) is 0 Å². The van der Waals surface area contributed by atoms with E-state index in [1.165, 1.54) is 0 Å². The summed E-state index contributed by atoms with van der Waals surface area (Å²) in [6.45, 7) is 13.0. The molecule has 0 fully saturated rings. The van der Waals surface area contributed by atoms with E-state index >= 15 is 0 Å². The Labute approximate surface area is 77.1 Å². The molecule has 0 saturated heterocycles. The van der Waals surface area contributed by atoms with Crippen LogP contribution in [0.1, 0.15) is 20.8 Å². The molecule has 0 aromatic heterocycles. The molecule has 11 heavy (non-hydrogen) atoms. The van der Waals surface area contributed by atoms with Gasteiger partial charge in [0.2, 0.25) is 0 Å². The van der Waals surface area contributed by atoms with Crippen molar-refractivity contribution in [3.05, 3.63) is 0 Å². The second kappa shape index (κ2) is 3.50. The molecule has 0 aromatic rings. The molecular weight excluding hydrogens is 172 g/mol. The summed E-state index contributed by atoms with van der Waals surface area (Å²) >= 11 is 4.42. The van der Waals surface area contributed by atoms with Gasteiger partial charge in [0.25, 0.3) is 0 Å². The summed E-state index contributed by atoms with van der Waals surface area (Å²) in [6.07, 6.45) is 0. The van der Waals surface area contributed by atoms with Crippen LogP contribution in [0, 0.1) is 5.41 Å². The first-order valence-corrected chi connectivity index (χ1v) is 7.91. The van der Waals surface area contributed by atoms with Gasteiger partial charge in [0.15, 0.2) is 8.32 Å². The third-order valence-electron chi connectivity index (χ3n) is 1.21. The minimum Gasteiger partial charge on any atom is -0.406 e. The van der Waals surface area contributed by atoms with Gasteiger partial charge in [-0.2, -0.15) is 0 Å². The molecule has 0 spiro atoms. The highest BCUT2D eigenvalue weighted by molar-refractivity contribution is 7.80. The standard InChI is InChI=1S/C8H20OSSi/c1-8(2,3)7(10)9-11(4,5)6/h7,10H,1-6H3. The van der Waals surface area contributed by atoms with Gasteiger partial charge < -0.3 is 4.43 Å². The predicted octanol–water partition coefficient (Wildman–Crippen LogP) is 3.14. The normalized spacial score (nSPS) is 16.6. The van der Waals surface area contributed by atoms with Crippen LogP contribution in [0.3, 0.4) is 0 Å². The van der Waals surface area contributed by atoms with Crippen LogP contribution in [-0.4, -0.2) is 13.8 Å². The van der Waals surface area contributed by atoms with Crippen molar-refractivity contribution in [3.63, 3.8) is 0 Å². The van der Waals surface area contributed by atoms with Gasteiger partial charge in [0.05, 0.1) is 5.44 Å². The first-order chi connectivity index (χ1) is 4.63. The average molecular weight is 192 g/mol. The van der Waals surface area contributed by atoms with Gasteiger partial charge in [0, 0.05) is 0 Å². The van der Waals surface area contributed by atoms with Crippen molar-refractivity contribution in [1.82, 2.24) is 0 Å². The topological polar surface area (TPSA) is 9.23 Å². The van der Waals surface area contributed by atoms with Crippen molar-refractivity contribution in [2.75, 3.05) is 0 Å². The molecule has 1 nitrogen and oxygen atoms in total. The molecule has 0 N–H and O–H groups in total. The van der Waals surface area contributed by atoms with E-state index in [4.69, 9.17) is 4.43 Å². The lowest BCUT2D eigenvalue weighted by Gasteiger charge is -2.32. The Kier molecular flexibility index (Phi) is 3.67. The summed E-state index contributed by atoms with van der Waals surface area (Å²) in [5, 5.41) is 0. The molecule has 1 atom stereocenters. The molecule has 0 radical (unpaired) electrons. The first kappa shape index (κ1) is 11.5. The fourth-order valence-electron chi connectivity index (χ4n) is 0.512. The van der Waals surface area contributed by atoms with Gasteiger partial charge >= 0.3 is 0 Å². The Morgan fingerprint density at radius 3 is 1.64 bits per heavy atom. The number of hydrogen-bond acceptors (Lipinski definition) is 2. The summed E-state index contributed by atoms with van der Waals surface area (Å²) in [5.74, 6) is 0. The third-order valence-corrected chi connectivity index (χ3v) is 3.23. The number of thiol groups is 1. The molecule has 0 amide bonds. The van der Waals surface area contributed by atoms with E-state index < -0.39 is 8.32 Å². The molecule has 0 bridgehead atoms. The van der Waals surface area contributed by atoms with E-state index in [1.54, 1.807) is 0 Å². The molecule has 0 rings (SSSR count). The second-order valence-corrected chi connectivity index (χ2v) is 9.88. The summed E-state index contributed by atoms with van der Waals surface area (Å²) in [4.78, 5) is 0. The highest BCUT2D eigenvalue weighted by Crippen LogP contribution is 2.27. The quantitative estimate of drug-likeness (QED) is 0.402. The molecule has 68 valence electrons. The Bertz CT molecular complexity index is 123. The summed E-state index contributed by atoms with van der Waals surface area (Å²) < 4.78 is 5.81. The van der Waals surface area contributed by atoms with Crippen LogP contribution in [-0.2, 0) is 4.43 Å². The zero-order valence-electron chi connectivity index (χ0n) is 8.43. The van der Waals surface area contributed by atoms with Gasteiger partial charge in [-0.25, -0.2) is 0 Å². The highest BCUT2D eigenvalue weighted by atomic mass is 32.1. The van der Waals surface area contributed by atoms with Gasteiger partial charge in [0.1, 0.15) is 0 Å². The second-order valence-electron chi connectivity index (χ2n) is 4.95. The maximum absolute atomic E-state index is 5.81. The lowest BCUT2D eigenvalue weighted by atomic mass is 9.98. The zero-order chi connectivity index (χ0) is 9.28. The summed E-state index contributed by atoms with van der Waals surface area (Å²) in [5.41, 5.74) is 0.206. The number of hydrogen-bond donors (Lipinski definition) is 1. The van der Waals surface area contributed by atoms with Crippen LogP contribution >= 0.6 is 12.6 Å². The van der Waals surface area contributed by atoms with Crippen molar-refractivity contribution in [2.24, 2.45) is 5.41 Å². The van der Waals surface area contributed by atoms with Crippen molar-refractivity contribution in [1.29, 1.82) is 0 Å². The smallest absolute Gasteiger partial charge is 0.185 e. The van der Waals surface area contributed by atoms with E-state index in [-0.39, 0.29) is 10.9 Å². The number of rotatable bonds is 2. The SMILES string of the molecule is CC(C)(C)C(S)O[Si](C)(C)C. The zero-order valence-corrected chi connectivity index (χ0v) is 10.3. The fraction of sp³-hybridized carbons (Fsp3) is 1.00. The molecule has 3 heteroatoms. The molecule has 0 aliphatic heterocycles. The minimum absolute atomic E-state index is 0.0640. The van der Waals surface area contributed by atoms with Crippen molar-refractivity contribution >= 4 is 20.9 Å². The Morgan fingerprint density at radius 2 is 1.55 bits per heavy atom.